The van der Waals surface area contributed by atoms with Crippen molar-refractivity contribution >= 4 is 38.1 Å². The minimum Gasteiger partial charge on any atom is -0.309 e. The van der Waals surface area contributed by atoms with Gasteiger partial charge in [-0.25, -0.2) is 23.7 Å². The molecule has 0 aliphatic heterocycles. The second-order valence-corrected chi connectivity index (χ2v) is 5.75. The second-order valence-electron chi connectivity index (χ2n) is 4.93. The van der Waals surface area contributed by atoms with Crippen molar-refractivity contribution in [3.05, 3.63) is 58.7 Å². The van der Waals surface area contributed by atoms with E-state index >= 15 is 0 Å². The van der Waals surface area contributed by atoms with Gasteiger partial charge in [0.1, 0.15) is 16.2 Å². The second kappa shape index (κ2) is 5.31. The van der Waals surface area contributed by atoms with E-state index in [4.69, 9.17) is 0 Å². The van der Waals surface area contributed by atoms with Crippen LogP contribution in [0, 0.1) is 11.6 Å². The quantitative estimate of drug-likeness (QED) is 0.538. The Morgan fingerprint density at radius 2 is 2.04 bits per heavy atom. The van der Waals surface area contributed by atoms with E-state index in [1.165, 1.54) is 24.8 Å². The van der Waals surface area contributed by atoms with Crippen molar-refractivity contribution in [2.75, 3.05) is 0 Å². The molecule has 3 heterocycles. The minimum absolute atomic E-state index is 0.0376. The molecule has 0 saturated carbocycles. The Balaban J connectivity index is 1.87. The summed E-state index contributed by atoms with van der Waals surface area (Å²) in [5.41, 5.74) is 1.08. The van der Waals surface area contributed by atoms with E-state index in [1.54, 1.807) is 16.7 Å². The van der Waals surface area contributed by atoms with Crippen molar-refractivity contribution in [3.8, 4) is 0 Å². The molecular formula is C15H8BrF2N5. The molecule has 23 heavy (non-hydrogen) atoms. The van der Waals surface area contributed by atoms with Crippen LogP contribution in [0.3, 0.4) is 0 Å². The summed E-state index contributed by atoms with van der Waals surface area (Å²) in [6.07, 6.45) is 4.48. The number of fused-ring (bicyclic) bond motifs is 2. The molecule has 4 aromatic rings. The normalized spacial score (nSPS) is 11.4. The van der Waals surface area contributed by atoms with Crippen molar-refractivity contribution in [2.24, 2.45) is 0 Å². The predicted octanol–water partition coefficient (Wildman–Crippen LogP) is 3.46. The number of hydrogen-bond acceptors (Lipinski definition) is 4. The van der Waals surface area contributed by atoms with Gasteiger partial charge in [-0.3, -0.25) is 4.98 Å². The Hall–Kier alpha value is -2.48. The topological polar surface area (TPSA) is 56.5 Å². The Morgan fingerprint density at radius 3 is 2.91 bits per heavy atom. The largest absolute Gasteiger partial charge is 0.309 e. The summed E-state index contributed by atoms with van der Waals surface area (Å²) >= 11 is 3.23. The first-order valence-corrected chi connectivity index (χ1v) is 7.48. The Morgan fingerprint density at radius 1 is 1.17 bits per heavy atom. The third kappa shape index (κ3) is 2.35. The molecule has 0 saturated heterocycles. The van der Waals surface area contributed by atoms with E-state index in [-0.39, 0.29) is 23.0 Å². The maximum absolute atomic E-state index is 14.6. The molecule has 1 aromatic carbocycles. The van der Waals surface area contributed by atoms with Gasteiger partial charge in [-0.15, -0.1) is 0 Å². The van der Waals surface area contributed by atoms with Crippen LogP contribution in [0.1, 0.15) is 5.56 Å². The minimum atomic E-state index is -0.654. The molecule has 8 heteroatoms. The monoisotopic (exact) mass is 375 g/mol. The lowest BCUT2D eigenvalue weighted by Crippen LogP contribution is -2.05. The number of imidazole rings is 1. The first kappa shape index (κ1) is 14.1. The van der Waals surface area contributed by atoms with Crippen LogP contribution < -0.4 is 0 Å². The van der Waals surface area contributed by atoms with Crippen LogP contribution in [-0.4, -0.2) is 24.5 Å². The SMILES string of the molecule is Fc1cc2ncccc2c(F)c1Cn1cnc2ncc(Br)nc21. The lowest BCUT2D eigenvalue weighted by molar-refractivity contribution is 0.554. The van der Waals surface area contributed by atoms with Crippen LogP contribution >= 0.6 is 15.9 Å². The Labute approximate surface area is 137 Å². The summed E-state index contributed by atoms with van der Waals surface area (Å²) in [5.74, 6) is -1.28. The molecule has 0 fully saturated rings. The molecule has 0 spiro atoms. The van der Waals surface area contributed by atoms with Crippen molar-refractivity contribution in [3.63, 3.8) is 0 Å². The lowest BCUT2D eigenvalue weighted by Gasteiger charge is -2.09. The van der Waals surface area contributed by atoms with E-state index in [0.717, 1.165) is 0 Å². The molecule has 0 amide bonds. The van der Waals surface area contributed by atoms with Crippen LogP contribution in [0.15, 0.2) is 41.5 Å². The fraction of sp³-hybridized carbons (Fsp3) is 0.0667. The lowest BCUT2D eigenvalue weighted by atomic mass is 10.1. The average molecular weight is 376 g/mol. The highest BCUT2D eigenvalue weighted by Crippen LogP contribution is 2.24. The van der Waals surface area contributed by atoms with Gasteiger partial charge in [0.15, 0.2) is 11.3 Å². The number of hydrogen-bond donors (Lipinski definition) is 0. The number of nitrogens with zero attached hydrogens (tertiary/aromatic N) is 5. The number of pyridine rings is 1. The maximum Gasteiger partial charge on any atom is 0.197 e. The summed E-state index contributed by atoms with van der Waals surface area (Å²) in [6.45, 7) is -0.0376. The molecule has 114 valence electrons. The standard InChI is InChI=1S/C15H8BrF2N5/c16-12-5-20-14-15(22-12)23(7-21-14)6-9-10(17)4-11-8(13(9)18)2-1-3-19-11/h1-5,7H,6H2. The van der Waals surface area contributed by atoms with Crippen LogP contribution in [0.4, 0.5) is 8.78 Å². The van der Waals surface area contributed by atoms with Gasteiger partial charge in [0.2, 0.25) is 0 Å². The smallest absolute Gasteiger partial charge is 0.197 e. The molecule has 0 N–H and O–H groups in total. The Bertz CT molecular complexity index is 1050. The highest BCUT2D eigenvalue weighted by atomic mass is 79.9. The van der Waals surface area contributed by atoms with E-state index in [2.05, 4.69) is 35.9 Å². The zero-order valence-corrected chi connectivity index (χ0v) is 13.1. The van der Waals surface area contributed by atoms with Gasteiger partial charge in [-0.1, -0.05) is 0 Å². The highest BCUT2D eigenvalue weighted by molar-refractivity contribution is 9.10. The fourth-order valence-corrected chi connectivity index (χ4v) is 2.71. The van der Waals surface area contributed by atoms with E-state index < -0.39 is 11.6 Å². The first-order chi connectivity index (χ1) is 11.1. The van der Waals surface area contributed by atoms with Gasteiger partial charge in [0.05, 0.1) is 24.6 Å². The van der Waals surface area contributed by atoms with Gasteiger partial charge < -0.3 is 4.57 Å². The van der Waals surface area contributed by atoms with Crippen LogP contribution in [-0.2, 0) is 6.54 Å². The molecule has 0 atom stereocenters. The van der Waals surface area contributed by atoms with Crippen molar-refractivity contribution in [2.45, 2.75) is 6.54 Å². The number of benzene rings is 1. The Kier molecular flexibility index (Phi) is 3.26. The van der Waals surface area contributed by atoms with Crippen molar-refractivity contribution < 1.29 is 8.78 Å². The zero-order chi connectivity index (χ0) is 16.0. The van der Waals surface area contributed by atoms with Gasteiger partial charge in [-0.2, -0.15) is 0 Å². The molecule has 0 bridgehead atoms. The summed E-state index contributed by atoms with van der Waals surface area (Å²) in [4.78, 5) is 16.4. The average Bonchev–Trinajstić information content (AvgIpc) is 2.93. The fourth-order valence-electron chi connectivity index (χ4n) is 2.44. The van der Waals surface area contributed by atoms with Gasteiger partial charge in [0.25, 0.3) is 0 Å². The third-order valence-corrected chi connectivity index (χ3v) is 3.90. The van der Waals surface area contributed by atoms with Gasteiger partial charge in [0, 0.05) is 23.2 Å². The molecule has 0 radical (unpaired) electrons. The van der Waals surface area contributed by atoms with E-state index in [9.17, 15) is 8.78 Å². The highest BCUT2D eigenvalue weighted by Gasteiger charge is 2.16. The predicted molar refractivity (Wildman–Crippen MR) is 83.8 cm³/mol. The molecule has 0 aliphatic rings. The summed E-state index contributed by atoms with van der Waals surface area (Å²) in [7, 11) is 0. The summed E-state index contributed by atoms with van der Waals surface area (Å²) < 4.78 is 31.0. The molecule has 0 unspecified atom stereocenters. The summed E-state index contributed by atoms with van der Waals surface area (Å²) in [6, 6.07) is 4.42. The number of aromatic nitrogens is 5. The summed E-state index contributed by atoms with van der Waals surface area (Å²) in [5, 5.41) is 0.278. The maximum atomic E-state index is 14.6. The molecule has 0 aliphatic carbocycles. The van der Waals surface area contributed by atoms with E-state index in [1.807, 2.05) is 0 Å². The van der Waals surface area contributed by atoms with Crippen LogP contribution in [0.5, 0.6) is 0 Å². The third-order valence-electron chi connectivity index (χ3n) is 3.52. The van der Waals surface area contributed by atoms with E-state index in [0.29, 0.717) is 15.9 Å². The zero-order valence-electron chi connectivity index (χ0n) is 11.5. The van der Waals surface area contributed by atoms with Crippen LogP contribution in [0.2, 0.25) is 0 Å². The molecule has 4 rings (SSSR count). The van der Waals surface area contributed by atoms with Gasteiger partial charge in [-0.05, 0) is 28.1 Å². The number of rotatable bonds is 2. The molecule has 3 aromatic heterocycles. The van der Waals surface area contributed by atoms with Crippen LogP contribution in [0.25, 0.3) is 22.2 Å². The number of halogens is 3. The molecule has 5 nitrogen and oxygen atoms in total. The first-order valence-electron chi connectivity index (χ1n) is 6.68. The molecular weight excluding hydrogens is 368 g/mol. The van der Waals surface area contributed by atoms with Crippen molar-refractivity contribution in [1.82, 2.24) is 24.5 Å². The van der Waals surface area contributed by atoms with Crippen molar-refractivity contribution in [1.29, 1.82) is 0 Å². The van der Waals surface area contributed by atoms with Gasteiger partial charge >= 0.3 is 0 Å².